The van der Waals surface area contributed by atoms with Crippen molar-refractivity contribution in [2.75, 3.05) is 0 Å². The van der Waals surface area contributed by atoms with Crippen LogP contribution in [0.15, 0.2) is 0 Å². The van der Waals surface area contributed by atoms with Crippen LogP contribution in [0.25, 0.3) is 0 Å². The molecule has 1 N–H and O–H groups in total. The highest BCUT2D eigenvalue weighted by atomic mass is 16.3. The summed E-state index contributed by atoms with van der Waals surface area (Å²) in [4.78, 5) is 2.01. The minimum atomic E-state index is -0.343. The predicted molar refractivity (Wildman–Crippen MR) is 139 cm³/mol. The van der Waals surface area contributed by atoms with E-state index >= 15 is 0 Å². The summed E-state index contributed by atoms with van der Waals surface area (Å²) in [6, 6.07) is 0.0279. The number of aryl methyl sites for hydroxylation is 2. The Morgan fingerprint density at radius 1 is 0.647 bits per heavy atom. The first-order valence-electron chi connectivity index (χ1n) is 14.9. The molecule has 0 amide bonds. The summed E-state index contributed by atoms with van der Waals surface area (Å²) >= 11 is 0. The van der Waals surface area contributed by atoms with Gasteiger partial charge in [0, 0.05) is 0 Å². The molecule has 4 nitrogen and oxygen atoms in total. The lowest BCUT2D eigenvalue weighted by Gasteiger charge is -2.54. The first-order valence-corrected chi connectivity index (χ1v) is 14.9. The second-order valence-corrected chi connectivity index (χ2v) is 13.8. The van der Waals surface area contributed by atoms with Gasteiger partial charge in [0.1, 0.15) is 0 Å². The molecule has 0 radical (unpaired) electrons. The Labute approximate surface area is 208 Å². The average Bonchev–Trinajstić information content (AvgIpc) is 3.29. The average molecular weight is 470 g/mol. The normalized spacial score (nSPS) is 32.5. The van der Waals surface area contributed by atoms with Crippen molar-refractivity contribution >= 4 is 0 Å². The van der Waals surface area contributed by atoms with Gasteiger partial charge in [-0.15, -0.1) is 0 Å². The lowest BCUT2D eigenvalue weighted by Crippen LogP contribution is -2.51. The van der Waals surface area contributed by atoms with Crippen molar-refractivity contribution in [3.63, 3.8) is 0 Å². The van der Waals surface area contributed by atoms with Gasteiger partial charge in [-0.05, 0) is 98.7 Å². The fourth-order valence-corrected chi connectivity index (χ4v) is 8.66. The molecular formula is C30H51N3O. The highest BCUT2D eigenvalue weighted by Crippen LogP contribution is 2.56. The van der Waals surface area contributed by atoms with Gasteiger partial charge in [0.05, 0.1) is 23.5 Å². The van der Waals surface area contributed by atoms with Crippen molar-refractivity contribution in [1.29, 1.82) is 0 Å². The Hall–Kier alpha value is -0.900. The summed E-state index contributed by atoms with van der Waals surface area (Å²) in [6.45, 7) is 10.1. The molecule has 34 heavy (non-hydrogen) atoms. The molecule has 5 rings (SSSR count). The summed E-state index contributed by atoms with van der Waals surface area (Å²) in [5.74, 6) is 2.50. The summed E-state index contributed by atoms with van der Waals surface area (Å²) in [7, 11) is 0. The molecule has 0 bridgehead atoms. The van der Waals surface area contributed by atoms with Crippen molar-refractivity contribution < 1.29 is 5.11 Å². The van der Waals surface area contributed by atoms with Crippen LogP contribution in [0, 0.1) is 34.5 Å². The van der Waals surface area contributed by atoms with Gasteiger partial charge in [-0.25, -0.2) is 0 Å². The van der Waals surface area contributed by atoms with Crippen molar-refractivity contribution in [1.82, 2.24) is 15.0 Å². The molecular weight excluding hydrogens is 418 g/mol. The SMILES string of the molecule is CC(C)(C1CCCCC1)C1CC(n2nc3c(n2)CCCC3)C(O)C(C(C)(C)C2CCCCC2)C1. The number of aliphatic hydroxyl groups is 1. The van der Waals surface area contributed by atoms with Crippen LogP contribution in [0.5, 0.6) is 0 Å². The van der Waals surface area contributed by atoms with Gasteiger partial charge in [-0.3, -0.25) is 0 Å². The first-order chi connectivity index (χ1) is 16.3. The van der Waals surface area contributed by atoms with E-state index in [0.717, 1.165) is 31.1 Å². The highest BCUT2D eigenvalue weighted by molar-refractivity contribution is 5.13. The van der Waals surface area contributed by atoms with Crippen LogP contribution in [-0.2, 0) is 12.8 Å². The zero-order valence-electron chi connectivity index (χ0n) is 22.6. The second-order valence-electron chi connectivity index (χ2n) is 13.8. The van der Waals surface area contributed by atoms with Crippen LogP contribution in [0.2, 0.25) is 0 Å². The molecule has 4 heteroatoms. The second kappa shape index (κ2) is 9.87. The maximum atomic E-state index is 12.0. The fourth-order valence-electron chi connectivity index (χ4n) is 8.66. The maximum Gasteiger partial charge on any atom is 0.0980 e. The van der Waals surface area contributed by atoms with Gasteiger partial charge in [-0.2, -0.15) is 15.0 Å². The molecule has 0 aromatic carbocycles. The lowest BCUT2D eigenvalue weighted by atomic mass is 9.53. The molecule has 1 aromatic rings. The van der Waals surface area contributed by atoms with Crippen molar-refractivity contribution in [3.8, 4) is 0 Å². The molecule has 1 heterocycles. The van der Waals surface area contributed by atoms with E-state index in [1.165, 1.54) is 94.9 Å². The van der Waals surface area contributed by atoms with Gasteiger partial charge in [0.15, 0.2) is 0 Å². The zero-order valence-corrected chi connectivity index (χ0v) is 22.6. The van der Waals surface area contributed by atoms with Crippen molar-refractivity contribution in [2.24, 2.45) is 34.5 Å². The van der Waals surface area contributed by atoms with Gasteiger partial charge < -0.3 is 5.11 Å². The number of rotatable bonds is 5. The predicted octanol–water partition coefficient (Wildman–Crippen LogP) is 7.30. The number of aromatic nitrogens is 3. The van der Waals surface area contributed by atoms with Crippen molar-refractivity contribution in [3.05, 3.63) is 11.4 Å². The molecule has 3 fully saturated rings. The Morgan fingerprint density at radius 3 is 1.68 bits per heavy atom. The van der Waals surface area contributed by atoms with Crippen LogP contribution in [0.4, 0.5) is 0 Å². The molecule has 4 aliphatic carbocycles. The van der Waals surface area contributed by atoms with E-state index in [4.69, 9.17) is 10.2 Å². The van der Waals surface area contributed by atoms with Crippen LogP contribution in [0.1, 0.15) is 135 Å². The summed E-state index contributed by atoms with van der Waals surface area (Å²) in [5, 5.41) is 22.1. The molecule has 4 atom stereocenters. The van der Waals surface area contributed by atoms with E-state index in [2.05, 4.69) is 27.7 Å². The molecule has 0 saturated heterocycles. The van der Waals surface area contributed by atoms with E-state index < -0.39 is 0 Å². The van der Waals surface area contributed by atoms with Gasteiger partial charge in [-0.1, -0.05) is 66.2 Å². The fraction of sp³-hybridized carbons (Fsp3) is 0.933. The maximum absolute atomic E-state index is 12.0. The van der Waals surface area contributed by atoms with Gasteiger partial charge >= 0.3 is 0 Å². The molecule has 3 saturated carbocycles. The molecule has 0 spiro atoms. The standard InChI is InChI=1S/C30H51N3O/c1-29(2,21-13-7-5-8-14-21)23-19-24(30(3,4)22-15-9-6-10-16-22)28(34)27(20-23)33-31-25-17-11-12-18-26(25)32-33/h21-24,27-28,34H,5-20H2,1-4H3. The van der Waals surface area contributed by atoms with Crippen LogP contribution in [0.3, 0.4) is 0 Å². The molecule has 0 aliphatic heterocycles. The Balaban J connectivity index is 1.47. The quantitative estimate of drug-likeness (QED) is 0.492. The Morgan fingerprint density at radius 2 is 1.15 bits per heavy atom. The topological polar surface area (TPSA) is 50.9 Å². The monoisotopic (exact) mass is 469 g/mol. The van der Waals surface area contributed by atoms with E-state index in [9.17, 15) is 5.11 Å². The van der Waals surface area contributed by atoms with E-state index in [1.807, 2.05) is 4.80 Å². The number of aliphatic hydroxyl groups excluding tert-OH is 1. The number of nitrogens with zero attached hydrogens (tertiary/aromatic N) is 3. The summed E-state index contributed by atoms with van der Waals surface area (Å²) in [5.41, 5.74) is 2.88. The zero-order chi connectivity index (χ0) is 23.9. The van der Waals surface area contributed by atoms with Crippen LogP contribution in [-0.4, -0.2) is 26.2 Å². The van der Waals surface area contributed by atoms with E-state index in [-0.39, 0.29) is 17.6 Å². The van der Waals surface area contributed by atoms with Crippen molar-refractivity contribution in [2.45, 2.75) is 143 Å². The smallest absolute Gasteiger partial charge is 0.0980 e. The minimum Gasteiger partial charge on any atom is -0.391 e. The molecule has 4 unspecified atom stereocenters. The number of fused-ring (bicyclic) bond motifs is 1. The first kappa shape index (κ1) is 24.8. The third-order valence-corrected chi connectivity index (χ3v) is 11.3. The summed E-state index contributed by atoms with van der Waals surface area (Å²) < 4.78 is 0. The highest BCUT2D eigenvalue weighted by Gasteiger charge is 2.52. The lowest BCUT2D eigenvalue weighted by molar-refractivity contribution is -0.105. The van der Waals surface area contributed by atoms with Gasteiger partial charge in [0.25, 0.3) is 0 Å². The third-order valence-electron chi connectivity index (χ3n) is 11.3. The van der Waals surface area contributed by atoms with E-state index in [1.54, 1.807) is 0 Å². The van der Waals surface area contributed by atoms with E-state index in [0.29, 0.717) is 17.3 Å². The van der Waals surface area contributed by atoms with Crippen LogP contribution >= 0.6 is 0 Å². The molecule has 192 valence electrons. The largest absolute Gasteiger partial charge is 0.391 e. The Bertz CT molecular complexity index is 792. The Kier molecular flexibility index (Phi) is 7.19. The minimum absolute atomic E-state index is 0.0279. The van der Waals surface area contributed by atoms with Gasteiger partial charge in [0.2, 0.25) is 0 Å². The molecule has 4 aliphatic rings. The van der Waals surface area contributed by atoms with Crippen LogP contribution < -0.4 is 0 Å². The molecule has 1 aromatic heterocycles. The number of hydrogen-bond acceptors (Lipinski definition) is 3. The third kappa shape index (κ3) is 4.62. The summed E-state index contributed by atoms with van der Waals surface area (Å²) in [6.07, 6.45) is 20.2. The number of hydrogen-bond donors (Lipinski definition) is 1.